The number of hydrogen-bond donors (Lipinski definition) is 1. The normalized spacial score (nSPS) is 20.1. The van der Waals surface area contributed by atoms with Gasteiger partial charge < -0.3 is 5.73 Å². The standard InChI is InChI=1S/C17H27N/c1-14-9-11-15(12-10-14)13-17(18)16-7-5-3-2-4-6-8-16/h9-12,16-17H,2-8,13,18H2,1H3. The summed E-state index contributed by atoms with van der Waals surface area (Å²) in [5.41, 5.74) is 9.17. The molecule has 1 unspecified atom stereocenters. The molecule has 1 aliphatic carbocycles. The van der Waals surface area contributed by atoms with Crippen LogP contribution in [-0.2, 0) is 6.42 Å². The molecule has 18 heavy (non-hydrogen) atoms. The van der Waals surface area contributed by atoms with Gasteiger partial charge in [-0.2, -0.15) is 0 Å². The van der Waals surface area contributed by atoms with Gasteiger partial charge in [0.15, 0.2) is 0 Å². The van der Waals surface area contributed by atoms with Gasteiger partial charge in [0, 0.05) is 6.04 Å². The van der Waals surface area contributed by atoms with Crippen molar-refractivity contribution in [2.45, 2.75) is 64.3 Å². The third kappa shape index (κ3) is 4.13. The van der Waals surface area contributed by atoms with Crippen molar-refractivity contribution < 1.29 is 0 Å². The molecule has 1 nitrogen and oxygen atoms in total. The maximum absolute atomic E-state index is 6.44. The molecule has 0 aromatic heterocycles. The van der Waals surface area contributed by atoms with Gasteiger partial charge in [-0.3, -0.25) is 0 Å². The van der Waals surface area contributed by atoms with E-state index in [0.717, 1.165) is 12.3 Å². The van der Waals surface area contributed by atoms with Crippen molar-refractivity contribution in [1.29, 1.82) is 0 Å². The fourth-order valence-electron chi connectivity index (χ4n) is 3.08. The van der Waals surface area contributed by atoms with Crippen LogP contribution in [0.4, 0.5) is 0 Å². The maximum atomic E-state index is 6.44. The van der Waals surface area contributed by atoms with Gasteiger partial charge in [0.2, 0.25) is 0 Å². The van der Waals surface area contributed by atoms with E-state index >= 15 is 0 Å². The van der Waals surface area contributed by atoms with Crippen LogP contribution in [-0.4, -0.2) is 6.04 Å². The average molecular weight is 245 g/mol. The molecule has 0 saturated heterocycles. The Morgan fingerprint density at radius 1 is 1.00 bits per heavy atom. The molecule has 2 N–H and O–H groups in total. The number of benzene rings is 1. The van der Waals surface area contributed by atoms with E-state index in [2.05, 4.69) is 31.2 Å². The van der Waals surface area contributed by atoms with Crippen molar-refractivity contribution in [3.05, 3.63) is 35.4 Å². The van der Waals surface area contributed by atoms with E-state index in [1.165, 1.54) is 56.1 Å². The molecule has 0 aliphatic heterocycles. The average Bonchev–Trinajstić information content (AvgIpc) is 2.31. The summed E-state index contributed by atoms with van der Waals surface area (Å²) in [6.07, 6.45) is 10.7. The largest absolute Gasteiger partial charge is 0.327 e. The van der Waals surface area contributed by atoms with Gasteiger partial charge in [0.25, 0.3) is 0 Å². The molecule has 1 aromatic carbocycles. The van der Waals surface area contributed by atoms with Crippen molar-refractivity contribution in [2.24, 2.45) is 11.7 Å². The van der Waals surface area contributed by atoms with Gasteiger partial charge >= 0.3 is 0 Å². The van der Waals surface area contributed by atoms with Crippen molar-refractivity contribution in [2.75, 3.05) is 0 Å². The van der Waals surface area contributed by atoms with Crippen LogP contribution in [0.15, 0.2) is 24.3 Å². The summed E-state index contributed by atoms with van der Waals surface area (Å²) in [6.45, 7) is 2.14. The topological polar surface area (TPSA) is 26.0 Å². The Morgan fingerprint density at radius 3 is 2.17 bits per heavy atom. The third-order valence-corrected chi connectivity index (χ3v) is 4.35. The summed E-state index contributed by atoms with van der Waals surface area (Å²) in [5, 5.41) is 0. The first-order valence-electron chi connectivity index (χ1n) is 7.57. The summed E-state index contributed by atoms with van der Waals surface area (Å²) < 4.78 is 0. The molecule has 0 bridgehead atoms. The highest BCUT2D eigenvalue weighted by Crippen LogP contribution is 2.25. The summed E-state index contributed by atoms with van der Waals surface area (Å²) in [6, 6.07) is 9.21. The molecule has 100 valence electrons. The van der Waals surface area contributed by atoms with E-state index in [9.17, 15) is 0 Å². The van der Waals surface area contributed by atoms with Crippen LogP contribution in [0.5, 0.6) is 0 Å². The smallest absolute Gasteiger partial charge is 0.0108 e. The van der Waals surface area contributed by atoms with Gasteiger partial charge in [0.05, 0.1) is 0 Å². The second kappa shape index (κ2) is 6.94. The first-order chi connectivity index (χ1) is 8.75. The molecule has 2 rings (SSSR count). The Kier molecular flexibility index (Phi) is 5.25. The lowest BCUT2D eigenvalue weighted by Crippen LogP contribution is -2.32. The minimum absolute atomic E-state index is 0.353. The van der Waals surface area contributed by atoms with E-state index < -0.39 is 0 Å². The highest BCUT2D eigenvalue weighted by Gasteiger charge is 2.18. The molecule has 1 saturated carbocycles. The molecule has 1 heteroatoms. The van der Waals surface area contributed by atoms with Gasteiger partial charge in [-0.15, -0.1) is 0 Å². The van der Waals surface area contributed by atoms with Crippen molar-refractivity contribution in [3.63, 3.8) is 0 Å². The van der Waals surface area contributed by atoms with Crippen LogP contribution in [0.25, 0.3) is 0 Å². The minimum atomic E-state index is 0.353. The van der Waals surface area contributed by atoms with E-state index in [1.54, 1.807) is 0 Å². The lowest BCUT2D eigenvalue weighted by atomic mass is 9.84. The SMILES string of the molecule is Cc1ccc(CC(N)C2CCCCCCC2)cc1. The first kappa shape index (κ1) is 13.6. The van der Waals surface area contributed by atoms with E-state index in [4.69, 9.17) is 5.73 Å². The molecule has 0 heterocycles. The zero-order valence-corrected chi connectivity index (χ0v) is 11.7. The van der Waals surface area contributed by atoms with Crippen LogP contribution >= 0.6 is 0 Å². The Morgan fingerprint density at radius 2 is 1.56 bits per heavy atom. The van der Waals surface area contributed by atoms with Crippen molar-refractivity contribution in [1.82, 2.24) is 0 Å². The van der Waals surface area contributed by atoms with Crippen LogP contribution in [0.2, 0.25) is 0 Å². The van der Waals surface area contributed by atoms with E-state index in [1.807, 2.05) is 0 Å². The van der Waals surface area contributed by atoms with E-state index in [-0.39, 0.29) is 0 Å². The van der Waals surface area contributed by atoms with Crippen molar-refractivity contribution >= 4 is 0 Å². The highest BCUT2D eigenvalue weighted by molar-refractivity contribution is 5.22. The summed E-state index contributed by atoms with van der Waals surface area (Å²) in [4.78, 5) is 0. The second-order valence-electron chi connectivity index (χ2n) is 5.96. The van der Waals surface area contributed by atoms with Crippen molar-refractivity contribution in [3.8, 4) is 0 Å². The van der Waals surface area contributed by atoms with Gasteiger partial charge in [-0.05, 0) is 37.7 Å². The number of rotatable bonds is 3. The fourth-order valence-corrected chi connectivity index (χ4v) is 3.08. The van der Waals surface area contributed by atoms with Crippen LogP contribution in [0, 0.1) is 12.8 Å². The zero-order chi connectivity index (χ0) is 12.8. The Balaban J connectivity index is 1.89. The lowest BCUT2D eigenvalue weighted by molar-refractivity contribution is 0.322. The monoisotopic (exact) mass is 245 g/mol. The molecular weight excluding hydrogens is 218 g/mol. The lowest BCUT2D eigenvalue weighted by Gasteiger charge is -2.26. The van der Waals surface area contributed by atoms with Gasteiger partial charge in [-0.25, -0.2) is 0 Å². The quantitative estimate of drug-likeness (QED) is 0.847. The molecule has 0 amide bonds. The van der Waals surface area contributed by atoms with Crippen LogP contribution in [0.3, 0.4) is 0 Å². The molecule has 1 atom stereocenters. The number of hydrogen-bond acceptors (Lipinski definition) is 1. The summed E-state index contributed by atoms with van der Waals surface area (Å²) in [5.74, 6) is 0.742. The number of aryl methyl sites for hydroxylation is 1. The highest BCUT2D eigenvalue weighted by atomic mass is 14.6. The minimum Gasteiger partial charge on any atom is -0.327 e. The second-order valence-corrected chi connectivity index (χ2v) is 5.96. The molecule has 1 aromatic rings. The first-order valence-corrected chi connectivity index (χ1v) is 7.57. The molecular formula is C17H27N. The van der Waals surface area contributed by atoms with E-state index in [0.29, 0.717) is 6.04 Å². The predicted octanol–water partition coefficient (Wildman–Crippen LogP) is 4.23. The molecule has 0 radical (unpaired) electrons. The third-order valence-electron chi connectivity index (χ3n) is 4.35. The van der Waals surface area contributed by atoms with Gasteiger partial charge in [-0.1, -0.05) is 61.9 Å². The maximum Gasteiger partial charge on any atom is 0.0108 e. The number of nitrogens with two attached hydrogens (primary N) is 1. The molecule has 0 spiro atoms. The Bertz CT molecular complexity index is 333. The molecule has 1 fully saturated rings. The van der Waals surface area contributed by atoms with Crippen LogP contribution < -0.4 is 5.73 Å². The summed E-state index contributed by atoms with van der Waals surface area (Å²) in [7, 11) is 0. The Labute approximate surface area is 112 Å². The Hall–Kier alpha value is -0.820. The summed E-state index contributed by atoms with van der Waals surface area (Å²) >= 11 is 0. The van der Waals surface area contributed by atoms with Gasteiger partial charge in [0.1, 0.15) is 0 Å². The molecule has 1 aliphatic rings. The predicted molar refractivity (Wildman–Crippen MR) is 78.7 cm³/mol. The van der Waals surface area contributed by atoms with Crippen LogP contribution in [0.1, 0.15) is 56.1 Å². The zero-order valence-electron chi connectivity index (χ0n) is 11.7. The fraction of sp³-hybridized carbons (Fsp3) is 0.647.